The van der Waals surface area contributed by atoms with Crippen LogP contribution in [-0.2, 0) is 11.2 Å². The Labute approximate surface area is 260 Å². The molecule has 0 saturated carbocycles. The van der Waals surface area contributed by atoms with Crippen LogP contribution < -0.4 is 4.74 Å². The van der Waals surface area contributed by atoms with Gasteiger partial charge in [-0.25, -0.2) is 9.78 Å². The molecule has 1 aliphatic heterocycles. The minimum Gasteiger partial charge on any atom is -0.481 e. The maximum absolute atomic E-state index is 13.4. The van der Waals surface area contributed by atoms with E-state index in [2.05, 4.69) is 15.9 Å². The number of halogens is 2. The van der Waals surface area contributed by atoms with Crippen molar-refractivity contribution in [2.45, 2.75) is 63.2 Å². The number of piperidine rings is 1. The lowest BCUT2D eigenvalue weighted by Crippen LogP contribution is -2.56. The highest BCUT2D eigenvalue weighted by atomic mass is 79.9. The minimum absolute atomic E-state index is 0.309. The number of methoxy groups -OCH3 is 1. The molecule has 5 rings (SSSR count). The molecule has 1 N–H and O–H groups in total. The van der Waals surface area contributed by atoms with Crippen molar-refractivity contribution in [1.82, 2.24) is 9.88 Å². The molecule has 1 aromatic heterocycles. The first-order valence-electron chi connectivity index (χ1n) is 14.1. The number of rotatable bonds is 6. The number of aliphatic hydroxyl groups is 1. The van der Waals surface area contributed by atoms with E-state index in [1.807, 2.05) is 99.6 Å². The zero-order valence-electron chi connectivity index (χ0n) is 24.3. The third kappa shape index (κ3) is 6.74. The van der Waals surface area contributed by atoms with Gasteiger partial charge in [-0.1, -0.05) is 70.0 Å². The molecule has 0 aliphatic carbocycles. The van der Waals surface area contributed by atoms with Crippen molar-refractivity contribution in [1.29, 1.82) is 0 Å². The van der Waals surface area contributed by atoms with Gasteiger partial charge in [0.25, 0.3) is 0 Å². The molecule has 0 radical (unpaired) electrons. The summed E-state index contributed by atoms with van der Waals surface area (Å²) in [4.78, 5) is 20.0. The van der Waals surface area contributed by atoms with Gasteiger partial charge in [-0.3, -0.25) is 0 Å². The monoisotopic (exact) mass is 650 g/mol. The molecule has 0 bridgehead atoms. The van der Waals surface area contributed by atoms with Crippen LogP contribution in [0, 0.1) is 0 Å². The first-order chi connectivity index (χ1) is 20.0. The molecule has 6 nitrogen and oxygen atoms in total. The zero-order valence-corrected chi connectivity index (χ0v) is 26.7. The van der Waals surface area contributed by atoms with E-state index in [1.54, 1.807) is 12.0 Å². The van der Waals surface area contributed by atoms with E-state index in [1.165, 1.54) is 0 Å². The van der Waals surface area contributed by atoms with E-state index in [-0.39, 0.29) is 12.1 Å². The molecule has 42 heavy (non-hydrogen) atoms. The number of pyridine rings is 1. The number of nitrogens with zero attached hydrogens (tertiary/aromatic N) is 2. The number of benzene rings is 3. The molecule has 1 aliphatic rings. The van der Waals surface area contributed by atoms with Gasteiger partial charge < -0.3 is 19.5 Å². The van der Waals surface area contributed by atoms with Crippen LogP contribution in [0.2, 0.25) is 5.02 Å². The van der Waals surface area contributed by atoms with Crippen LogP contribution in [0.25, 0.3) is 10.9 Å². The summed E-state index contributed by atoms with van der Waals surface area (Å²) in [6.07, 6.45) is 0.844. The molecule has 3 atom stereocenters. The fourth-order valence-corrected chi connectivity index (χ4v) is 6.57. The number of carbonyl (C=O) groups excluding carboxylic acids is 1. The Kier molecular flexibility index (Phi) is 8.83. The third-order valence-electron chi connectivity index (χ3n) is 7.75. The fourth-order valence-electron chi connectivity index (χ4n) is 5.99. The van der Waals surface area contributed by atoms with Gasteiger partial charge in [0.2, 0.25) is 5.88 Å². The first-order valence-corrected chi connectivity index (χ1v) is 15.3. The summed E-state index contributed by atoms with van der Waals surface area (Å²) in [5.41, 5.74) is 1.59. The Morgan fingerprint density at radius 3 is 2.57 bits per heavy atom. The minimum atomic E-state index is -1.25. The van der Waals surface area contributed by atoms with Crippen molar-refractivity contribution < 1.29 is 19.4 Å². The zero-order chi connectivity index (χ0) is 30.1. The molecule has 2 heterocycles. The number of amides is 1. The van der Waals surface area contributed by atoms with Crippen LogP contribution >= 0.6 is 27.5 Å². The van der Waals surface area contributed by atoms with Crippen LogP contribution in [0.1, 0.15) is 56.2 Å². The van der Waals surface area contributed by atoms with Crippen LogP contribution in [0.15, 0.2) is 83.3 Å². The molecule has 220 valence electrons. The summed E-state index contributed by atoms with van der Waals surface area (Å²) < 4.78 is 12.6. The highest BCUT2D eigenvalue weighted by molar-refractivity contribution is 9.10. The van der Waals surface area contributed by atoms with Crippen molar-refractivity contribution in [2.75, 3.05) is 13.7 Å². The van der Waals surface area contributed by atoms with Crippen molar-refractivity contribution in [2.24, 2.45) is 0 Å². The molecule has 1 fully saturated rings. The molecule has 1 saturated heterocycles. The molecule has 4 aromatic rings. The molecule has 1 amide bonds. The van der Waals surface area contributed by atoms with Gasteiger partial charge in [0, 0.05) is 38.9 Å². The van der Waals surface area contributed by atoms with E-state index in [9.17, 15) is 9.90 Å². The molecule has 3 aromatic carbocycles. The number of hydrogen-bond acceptors (Lipinski definition) is 5. The summed E-state index contributed by atoms with van der Waals surface area (Å²) >= 11 is 10.1. The second kappa shape index (κ2) is 12.2. The quantitative estimate of drug-likeness (QED) is 0.228. The van der Waals surface area contributed by atoms with E-state index >= 15 is 0 Å². The number of fused-ring (bicyclic) bond motifs is 1. The SMILES string of the molecule is COc1nc2ccc(Br)cc2cc1C(c1cccc(Cl)c1)C1(O)CCN(C(=O)OC(C)(C)C)C(Cc2ccccc2)C1. The second-order valence-corrected chi connectivity index (χ2v) is 13.3. The Morgan fingerprint density at radius 2 is 1.88 bits per heavy atom. The van der Waals surface area contributed by atoms with E-state index < -0.39 is 17.1 Å². The van der Waals surface area contributed by atoms with E-state index in [0.29, 0.717) is 36.7 Å². The number of hydrogen-bond donors (Lipinski definition) is 1. The summed E-state index contributed by atoms with van der Waals surface area (Å²) in [6, 6.07) is 25.2. The van der Waals surface area contributed by atoms with Gasteiger partial charge >= 0.3 is 6.09 Å². The highest BCUT2D eigenvalue weighted by Gasteiger charge is 2.48. The molecule has 3 unspecified atom stereocenters. The standard InChI is InChI=1S/C34H36BrClN2O4/c1-33(2,3)42-32(39)38-16-15-34(40,21-27(38)17-22-9-6-5-7-10-22)30(23-11-8-12-26(36)19-23)28-20-24-18-25(35)13-14-29(24)37-31(28)41-4/h5-14,18-20,27,30,40H,15-17,21H2,1-4H3. The third-order valence-corrected chi connectivity index (χ3v) is 8.48. The maximum atomic E-state index is 13.4. The first kappa shape index (κ1) is 30.3. The van der Waals surface area contributed by atoms with Gasteiger partial charge in [-0.15, -0.1) is 0 Å². The summed E-state index contributed by atoms with van der Waals surface area (Å²) in [5.74, 6) is -0.0847. The van der Waals surface area contributed by atoms with Gasteiger partial charge in [0.1, 0.15) is 5.60 Å². The van der Waals surface area contributed by atoms with Crippen molar-refractivity contribution >= 4 is 44.5 Å². The van der Waals surface area contributed by atoms with Gasteiger partial charge in [0.05, 0.1) is 18.2 Å². The molecule has 8 heteroatoms. The van der Waals surface area contributed by atoms with Crippen LogP contribution in [0.3, 0.4) is 0 Å². The average molecular weight is 652 g/mol. The van der Waals surface area contributed by atoms with Crippen LogP contribution in [-0.4, -0.2) is 52.0 Å². The number of aromatic nitrogens is 1. The van der Waals surface area contributed by atoms with Gasteiger partial charge in [-0.05, 0) is 87.6 Å². The average Bonchev–Trinajstić information content (AvgIpc) is 2.92. The van der Waals surface area contributed by atoms with Crippen molar-refractivity contribution in [3.8, 4) is 5.88 Å². The smallest absolute Gasteiger partial charge is 0.410 e. The number of likely N-dealkylation sites (tertiary alicyclic amines) is 1. The maximum Gasteiger partial charge on any atom is 0.410 e. The predicted molar refractivity (Wildman–Crippen MR) is 170 cm³/mol. The lowest BCUT2D eigenvalue weighted by molar-refractivity contribution is -0.0630. The molecular weight excluding hydrogens is 616 g/mol. The topological polar surface area (TPSA) is 71.9 Å². The Bertz CT molecular complexity index is 1580. The van der Waals surface area contributed by atoms with Crippen molar-refractivity contribution in [3.63, 3.8) is 0 Å². The fraction of sp³-hybridized carbons (Fsp3) is 0.353. The predicted octanol–water partition coefficient (Wildman–Crippen LogP) is 8.16. The lowest BCUT2D eigenvalue weighted by atomic mass is 9.70. The second-order valence-electron chi connectivity index (χ2n) is 12.0. The summed E-state index contributed by atoms with van der Waals surface area (Å²) in [5, 5.41) is 14.2. The largest absolute Gasteiger partial charge is 0.481 e. The van der Waals surface area contributed by atoms with Crippen LogP contribution in [0.5, 0.6) is 5.88 Å². The van der Waals surface area contributed by atoms with Gasteiger partial charge in [-0.2, -0.15) is 0 Å². The lowest BCUT2D eigenvalue weighted by Gasteiger charge is -2.47. The normalized spacial score (nSPS) is 19.9. The van der Waals surface area contributed by atoms with E-state index in [0.717, 1.165) is 32.1 Å². The number of carbonyl (C=O) groups is 1. The van der Waals surface area contributed by atoms with Crippen LogP contribution in [0.4, 0.5) is 4.79 Å². The molecular formula is C34H36BrClN2O4. The summed E-state index contributed by atoms with van der Waals surface area (Å²) in [7, 11) is 1.60. The molecule has 0 spiro atoms. The Hall–Kier alpha value is -3.13. The number of ether oxygens (including phenoxy) is 2. The van der Waals surface area contributed by atoms with E-state index in [4.69, 9.17) is 26.1 Å². The highest BCUT2D eigenvalue weighted by Crippen LogP contribution is 2.47. The van der Waals surface area contributed by atoms with Crippen molar-refractivity contribution in [3.05, 3.63) is 105 Å². The Morgan fingerprint density at radius 1 is 1.12 bits per heavy atom. The Balaban J connectivity index is 1.62. The van der Waals surface area contributed by atoms with Gasteiger partial charge in [0.15, 0.2) is 0 Å². The summed E-state index contributed by atoms with van der Waals surface area (Å²) in [6.45, 7) is 5.92.